The predicted molar refractivity (Wildman–Crippen MR) is 72.0 cm³/mol. The van der Waals surface area contributed by atoms with Crippen LogP contribution >= 0.6 is 0 Å². The largest absolute Gasteiger partial charge is 0.496 e. The third-order valence-electron chi connectivity index (χ3n) is 4.01. The number of hydrogen-bond acceptors (Lipinski definition) is 2. The fraction of sp³-hybridized carbons (Fsp3) is 0.600. The van der Waals surface area contributed by atoms with E-state index in [-0.39, 0.29) is 0 Å². The molecule has 1 aromatic carbocycles. The molecule has 1 unspecified atom stereocenters. The first-order chi connectivity index (χ1) is 8.15. The van der Waals surface area contributed by atoms with Gasteiger partial charge in [0.1, 0.15) is 5.75 Å². The van der Waals surface area contributed by atoms with Crippen LogP contribution in [0.4, 0.5) is 0 Å². The van der Waals surface area contributed by atoms with Crippen LogP contribution in [0.2, 0.25) is 0 Å². The minimum Gasteiger partial charge on any atom is -0.496 e. The highest BCUT2D eigenvalue weighted by Gasteiger charge is 2.20. The molecule has 0 spiro atoms. The van der Waals surface area contributed by atoms with Gasteiger partial charge in [-0.1, -0.05) is 6.07 Å². The van der Waals surface area contributed by atoms with Crippen molar-refractivity contribution in [3.63, 3.8) is 0 Å². The third kappa shape index (κ3) is 2.32. The summed E-state index contributed by atoms with van der Waals surface area (Å²) in [7, 11) is 1.76. The van der Waals surface area contributed by atoms with E-state index in [1.165, 1.54) is 41.6 Å². The van der Waals surface area contributed by atoms with E-state index >= 15 is 0 Å². The number of piperidine rings is 1. The zero-order chi connectivity index (χ0) is 12.4. The molecule has 1 aliphatic heterocycles. The first-order valence-electron chi connectivity index (χ1n) is 6.50. The van der Waals surface area contributed by atoms with Crippen LogP contribution in [0.25, 0.3) is 0 Å². The average Bonchev–Trinajstić information content (AvgIpc) is 2.35. The molecule has 1 aliphatic rings. The van der Waals surface area contributed by atoms with Crippen molar-refractivity contribution in [2.45, 2.75) is 39.5 Å². The number of hydrogen-bond donors (Lipinski definition) is 1. The van der Waals surface area contributed by atoms with Gasteiger partial charge in [-0.25, -0.2) is 0 Å². The van der Waals surface area contributed by atoms with E-state index in [0.717, 1.165) is 12.3 Å². The summed E-state index contributed by atoms with van der Waals surface area (Å²) in [6, 6.07) is 2.32. The quantitative estimate of drug-likeness (QED) is 0.847. The van der Waals surface area contributed by atoms with E-state index < -0.39 is 0 Å². The summed E-state index contributed by atoms with van der Waals surface area (Å²) in [5, 5.41) is 3.50. The second kappa shape index (κ2) is 5.09. The molecule has 94 valence electrons. The van der Waals surface area contributed by atoms with Gasteiger partial charge in [-0.15, -0.1) is 0 Å². The Hall–Kier alpha value is -1.02. The highest BCUT2D eigenvalue weighted by atomic mass is 16.5. The molecule has 1 saturated heterocycles. The lowest BCUT2D eigenvalue weighted by Gasteiger charge is -2.26. The average molecular weight is 233 g/mol. The highest BCUT2D eigenvalue weighted by Crippen LogP contribution is 2.34. The SMILES string of the molecule is COc1c(C)cc(C2CCCNC2)c(C)c1C. The number of benzene rings is 1. The Balaban J connectivity index is 2.40. The maximum atomic E-state index is 5.48. The van der Waals surface area contributed by atoms with Gasteiger partial charge < -0.3 is 10.1 Å². The lowest BCUT2D eigenvalue weighted by atomic mass is 9.85. The van der Waals surface area contributed by atoms with Crippen LogP contribution in [-0.2, 0) is 0 Å². The van der Waals surface area contributed by atoms with Crippen molar-refractivity contribution >= 4 is 0 Å². The van der Waals surface area contributed by atoms with Crippen molar-refractivity contribution in [3.05, 3.63) is 28.3 Å². The fourth-order valence-corrected chi connectivity index (χ4v) is 2.95. The second-order valence-electron chi connectivity index (χ2n) is 5.11. The summed E-state index contributed by atoms with van der Waals surface area (Å²) in [5.41, 5.74) is 5.47. The molecule has 0 amide bonds. The summed E-state index contributed by atoms with van der Waals surface area (Å²) in [6.45, 7) is 8.82. The van der Waals surface area contributed by atoms with E-state index in [2.05, 4.69) is 32.2 Å². The van der Waals surface area contributed by atoms with Gasteiger partial charge in [0.15, 0.2) is 0 Å². The fourth-order valence-electron chi connectivity index (χ4n) is 2.95. The molecule has 2 heteroatoms. The maximum Gasteiger partial charge on any atom is 0.124 e. The highest BCUT2D eigenvalue weighted by molar-refractivity contribution is 5.50. The Bertz CT molecular complexity index is 406. The molecule has 1 N–H and O–H groups in total. The Morgan fingerprint density at radius 3 is 2.59 bits per heavy atom. The molecule has 0 saturated carbocycles. The topological polar surface area (TPSA) is 21.3 Å². The van der Waals surface area contributed by atoms with Crippen LogP contribution in [0.5, 0.6) is 5.75 Å². The smallest absolute Gasteiger partial charge is 0.124 e. The van der Waals surface area contributed by atoms with Crippen molar-refractivity contribution < 1.29 is 4.74 Å². The molecule has 0 aromatic heterocycles. The van der Waals surface area contributed by atoms with E-state index in [9.17, 15) is 0 Å². The Labute approximate surface area is 104 Å². The van der Waals surface area contributed by atoms with Crippen LogP contribution in [0.3, 0.4) is 0 Å². The van der Waals surface area contributed by atoms with Crippen LogP contribution < -0.4 is 10.1 Å². The van der Waals surface area contributed by atoms with Crippen molar-refractivity contribution in [1.29, 1.82) is 0 Å². The Morgan fingerprint density at radius 1 is 1.24 bits per heavy atom. The van der Waals surface area contributed by atoms with Crippen molar-refractivity contribution in [3.8, 4) is 5.75 Å². The minimum absolute atomic E-state index is 0.673. The second-order valence-corrected chi connectivity index (χ2v) is 5.11. The lowest BCUT2D eigenvalue weighted by Crippen LogP contribution is -2.28. The van der Waals surface area contributed by atoms with E-state index in [1.807, 2.05) is 0 Å². The molecule has 1 fully saturated rings. The van der Waals surface area contributed by atoms with Crippen LogP contribution in [0.1, 0.15) is 41.0 Å². The summed E-state index contributed by atoms with van der Waals surface area (Å²) in [4.78, 5) is 0. The molecular weight excluding hydrogens is 210 g/mol. The van der Waals surface area contributed by atoms with Gasteiger partial charge in [0.05, 0.1) is 7.11 Å². The molecule has 1 heterocycles. The predicted octanol–water partition coefficient (Wildman–Crippen LogP) is 3.09. The number of aryl methyl sites for hydroxylation is 1. The normalized spacial score (nSPS) is 20.4. The first-order valence-corrected chi connectivity index (χ1v) is 6.50. The van der Waals surface area contributed by atoms with Gasteiger partial charge in [-0.05, 0) is 68.3 Å². The van der Waals surface area contributed by atoms with Crippen LogP contribution in [-0.4, -0.2) is 20.2 Å². The molecule has 2 nitrogen and oxygen atoms in total. The van der Waals surface area contributed by atoms with E-state index in [4.69, 9.17) is 4.74 Å². The zero-order valence-electron chi connectivity index (χ0n) is 11.4. The molecule has 1 aromatic rings. The van der Waals surface area contributed by atoms with Crippen molar-refractivity contribution in [2.75, 3.05) is 20.2 Å². The molecule has 17 heavy (non-hydrogen) atoms. The first kappa shape index (κ1) is 12.4. The Morgan fingerprint density at radius 2 is 2.00 bits per heavy atom. The van der Waals surface area contributed by atoms with E-state index in [0.29, 0.717) is 5.92 Å². The monoisotopic (exact) mass is 233 g/mol. The number of rotatable bonds is 2. The standard InChI is InChI=1S/C15H23NO/c1-10-8-14(13-6-5-7-16-9-13)11(2)12(3)15(10)17-4/h8,13,16H,5-7,9H2,1-4H3. The van der Waals surface area contributed by atoms with Crippen LogP contribution in [0, 0.1) is 20.8 Å². The minimum atomic E-state index is 0.673. The van der Waals surface area contributed by atoms with Gasteiger partial charge in [-0.2, -0.15) is 0 Å². The molecule has 0 bridgehead atoms. The lowest BCUT2D eigenvalue weighted by molar-refractivity contribution is 0.406. The number of nitrogens with one attached hydrogen (secondary N) is 1. The Kier molecular flexibility index (Phi) is 3.72. The third-order valence-corrected chi connectivity index (χ3v) is 4.01. The summed E-state index contributed by atoms with van der Waals surface area (Å²) in [5.74, 6) is 1.72. The van der Waals surface area contributed by atoms with E-state index in [1.54, 1.807) is 7.11 Å². The molecule has 0 radical (unpaired) electrons. The van der Waals surface area contributed by atoms with Gasteiger partial charge in [-0.3, -0.25) is 0 Å². The van der Waals surface area contributed by atoms with Gasteiger partial charge >= 0.3 is 0 Å². The number of ether oxygens (including phenoxy) is 1. The van der Waals surface area contributed by atoms with Gasteiger partial charge in [0, 0.05) is 6.54 Å². The molecule has 0 aliphatic carbocycles. The van der Waals surface area contributed by atoms with Crippen LogP contribution in [0.15, 0.2) is 6.07 Å². The van der Waals surface area contributed by atoms with Crippen molar-refractivity contribution in [2.24, 2.45) is 0 Å². The van der Waals surface area contributed by atoms with Gasteiger partial charge in [0.2, 0.25) is 0 Å². The zero-order valence-corrected chi connectivity index (χ0v) is 11.4. The number of methoxy groups -OCH3 is 1. The van der Waals surface area contributed by atoms with Gasteiger partial charge in [0.25, 0.3) is 0 Å². The molecular formula is C15H23NO. The maximum absolute atomic E-state index is 5.48. The summed E-state index contributed by atoms with van der Waals surface area (Å²) in [6.07, 6.45) is 2.59. The molecule has 1 atom stereocenters. The summed E-state index contributed by atoms with van der Waals surface area (Å²) >= 11 is 0. The summed E-state index contributed by atoms with van der Waals surface area (Å²) < 4.78 is 5.48. The molecule has 2 rings (SSSR count). The van der Waals surface area contributed by atoms with Crippen molar-refractivity contribution in [1.82, 2.24) is 5.32 Å².